The van der Waals surface area contributed by atoms with Crippen LogP contribution in [0.3, 0.4) is 0 Å². The largest absolute Gasteiger partial charge is 0.376 e. The van der Waals surface area contributed by atoms with Crippen LogP contribution >= 0.6 is 0 Å². The van der Waals surface area contributed by atoms with E-state index in [4.69, 9.17) is 0 Å². The highest BCUT2D eigenvalue weighted by Crippen LogP contribution is 2.24. The minimum absolute atomic E-state index is 0.000556. The Hall–Kier alpha value is -2.49. The van der Waals surface area contributed by atoms with Crippen LogP contribution in [-0.2, 0) is 11.3 Å². The maximum absolute atomic E-state index is 12.0. The number of nitrogens with one attached hydrogen (secondary N) is 2. The number of aryl methyl sites for hydroxylation is 1. The topological polar surface area (TPSA) is 44.4 Å². The first-order valence-electron chi connectivity index (χ1n) is 9.51. The van der Waals surface area contributed by atoms with Crippen LogP contribution in [-0.4, -0.2) is 25.5 Å². The van der Waals surface area contributed by atoms with Gasteiger partial charge in [0.15, 0.2) is 0 Å². The summed E-state index contributed by atoms with van der Waals surface area (Å²) < 4.78 is 0. The minimum Gasteiger partial charge on any atom is -0.376 e. The molecular weight excluding hydrogens is 322 g/mol. The zero-order chi connectivity index (χ0) is 18.4. The van der Waals surface area contributed by atoms with Gasteiger partial charge in [-0.25, -0.2) is 0 Å². The maximum atomic E-state index is 12.0. The highest BCUT2D eigenvalue weighted by Gasteiger charge is 2.15. The lowest BCUT2D eigenvalue weighted by Gasteiger charge is -2.32. The molecule has 0 unspecified atom stereocenters. The van der Waals surface area contributed by atoms with Gasteiger partial charge in [0.25, 0.3) is 0 Å². The number of nitrogens with zero attached hydrogens (tertiary/aromatic N) is 1. The van der Waals surface area contributed by atoms with Gasteiger partial charge in [0.1, 0.15) is 0 Å². The molecule has 1 saturated heterocycles. The molecule has 1 aliphatic rings. The van der Waals surface area contributed by atoms with Crippen molar-refractivity contribution >= 4 is 17.3 Å². The van der Waals surface area contributed by atoms with Gasteiger partial charge in [-0.1, -0.05) is 36.8 Å². The molecule has 1 heterocycles. The molecule has 1 fully saturated rings. The molecule has 1 aliphatic heterocycles. The number of anilines is 2. The lowest BCUT2D eigenvalue weighted by molar-refractivity contribution is -0.119. The van der Waals surface area contributed by atoms with E-state index in [2.05, 4.69) is 65.8 Å². The van der Waals surface area contributed by atoms with E-state index in [0.717, 1.165) is 30.3 Å². The van der Waals surface area contributed by atoms with Crippen LogP contribution < -0.4 is 15.5 Å². The number of rotatable bonds is 6. The monoisotopic (exact) mass is 351 g/mol. The molecule has 4 heteroatoms. The van der Waals surface area contributed by atoms with Crippen LogP contribution in [0.2, 0.25) is 0 Å². The molecule has 138 valence electrons. The molecule has 2 aromatic rings. The van der Waals surface area contributed by atoms with Crippen molar-refractivity contribution in [1.82, 2.24) is 5.32 Å². The first kappa shape index (κ1) is 18.3. The van der Waals surface area contributed by atoms with Gasteiger partial charge in [0, 0.05) is 31.0 Å². The molecule has 26 heavy (non-hydrogen) atoms. The van der Waals surface area contributed by atoms with E-state index in [9.17, 15) is 4.79 Å². The van der Waals surface area contributed by atoms with Crippen molar-refractivity contribution in [2.24, 2.45) is 5.92 Å². The van der Waals surface area contributed by atoms with Crippen LogP contribution in [0.25, 0.3) is 0 Å². The van der Waals surface area contributed by atoms with Crippen LogP contribution in [0.4, 0.5) is 11.4 Å². The summed E-state index contributed by atoms with van der Waals surface area (Å²) in [4.78, 5) is 14.5. The normalized spacial score (nSPS) is 14.9. The molecule has 1 amide bonds. The molecule has 0 bridgehead atoms. The van der Waals surface area contributed by atoms with E-state index in [1.807, 2.05) is 12.1 Å². The maximum Gasteiger partial charge on any atom is 0.239 e. The van der Waals surface area contributed by atoms with Gasteiger partial charge in [-0.2, -0.15) is 0 Å². The van der Waals surface area contributed by atoms with Crippen LogP contribution in [0, 0.1) is 12.8 Å². The minimum atomic E-state index is 0.000556. The fraction of sp³-hybridized carbons (Fsp3) is 0.409. The standard InChI is InChI=1S/C22H29N3O/c1-17-10-12-25(13-11-17)21-8-6-20(7-9-21)23-16-22(26)24-15-19-5-3-4-18(2)14-19/h3-9,14,17,23H,10-13,15-16H2,1-2H3,(H,24,26). The molecule has 3 rings (SSSR count). The zero-order valence-electron chi connectivity index (χ0n) is 15.8. The van der Waals surface area contributed by atoms with Gasteiger partial charge in [-0.3, -0.25) is 4.79 Å². The third-order valence-corrected chi connectivity index (χ3v) is 5.04. The predicted molar refractivity (Wildman–Crippen MR) is 109 cm³/mol. The summed E-state index contributed by atoms with van der Waals surface area (Å²) >= 11 is 0. The first-order valence-corrected chi connectivity index (χ1v) is 9.51. The third-order valence-electron chi connectivity index (χ3n) is 5.04. The van der Waals surface area contributed by atoms with Gasteiger partial charge in [0.05, 0.1) is 6.54 Å². The number of hydrogen-bond acceptors (Lipinski definition) is 3. The zero-order valence-corrected chi connectivity index (χ0v) is 15.8. The molecule has 0 radical (unpaired) electrons. The van der Waals surface area contributed by atoms with Crippen molar-refractivity contribution in [2.75, 3.05) is 29.9 Å². The average Bonchev–Trinajstić information content (AvgIpc) is 2.66. The number of carbonyl (C=O) groups excluding carboxylic acids is 1. The fourth-order valence-electron chi connectivity index (χ4n) is 3.32. The van der Waals surface area contributed by atoms with E-state index < -0.39 is 0 Å². The predicted octanol–water partition coefficient (Wildman–Crippen LogP) is 3.96. The van der Waals surface area contributed by atoms with Crippen molar-refractivity contribution in [1.29, 1.82) is 0 Å². The molecule has 2 N–H and O–H groups in total. The van der Waals surface area contributed by atoms with Gasteiger partial charge < -0.3 is 15.5 Å². The van der Waals surface area contributed by atoms with E-state index in [0.29, 0.717) is 6.54 Å². The summed E-state index contributed by atoms with van der Waals surface area (Å²) in [6.07, 6.45) is 2.53. The Morgan fingerprint density at radius 1 is 1.12 bits per heavy atom. The second kappa shape index (κ2) is 8.75. The Kier molecular flexibility index (Phi) is 6.16. The Bertz CT molecular complexity index is 718. The molecule has 0 aliphatic carbocycles. The van der Waals surface area contributed by atoms with E-state index in [1.165, 1.54) is 24.1 Å². The molecule has 2 aromatic carbocycles. The average molecular weight is 351 g/mol. The Labute approximate surface area is 156 Å². The summed E-state index contributed by atoms with van der Waals surface area (Å²) in [6, 6.07) is 16.6. The van der Waals surface area contributed by atoms with Gasteiger partial charge >= 0.3 is 0 Å². The summed E-state index contributed by atoms with van der Waals surface area (Å²) in [5.41, 5.74) is 4.58. The molecule has 0 aromatic heterocycles. The van der Waals surface area contributed by atoms with Gasteiger partial charge in [0.2, 0.25) is 5.91 Å². The van der Waals surface area contributed by atoms with Crippen LogP contribution in [0.15, 0.2) is 48.5 Å². The van der Waals surface area contributed by atoms with Crippen molar-refractivity contribution < 1.29 is 4.79 Å². The Balaban J connectivity index is 1.43. The molecule has 0 atom stereocenters. The number of carbonyl (C=O) groups is 1. The van der Waals surface area contributed by atoms with Crippen molar-refractivity contribution in [3.05, 3.63) is 59.7 Å². The number of hydrogen-bond donors (Lipinski definition) is 2. The second-order valence-electron chi connectivity index (χ2n) is 7.34. The van der Waals surface area contributed by atoms with Crippen LogP contribution in [0.5, 0.6) is 0 Å². The highest BCUT2D eigenvalue weighted by atomic mass is 16.1. The lowest BCUT2D eigenvalue weighted by atomic mass is 9.99. The Morgan fingerprint density at radius 2 is 1.85 bits per heavy atom. The molecule has 0 saturated carbocycles. The summed E-state index contributed by atoms with van der Waals surface area (Å²) in [5.74, 6) is 0.839. The van der Waals surface area contributed by atoms with E-state index in [-0.39, 0.29) is 12.5 Å². The SMILES string of the molecule is Cc1cccc(CNC(=O)CNc2ccc(N3CCC(C)CC3)cc2)c1. The van der Waals surface area contributed by atoms with Gasteiger partial charge in [-0.15, -0.1) is 0 Å². The number of benzene rings is 2. The molecule has 0 spiro atoms. The lowest BCUT2D eigenvalue weighted by Crippen LogP contribution is -2.32. The smallest absolute Gasteiger partial charge is 0.239 e. The van der Waals surface area contributed by atoms with Crippen molar-refractivity contribution in [2.45, 2.75) is 33.2 Å². The quantitative estimate of drug-likeness (QED) is 0.828. The molecular formula is C22H29N3O. The van der Waals surface area contributed by atoms with Crippen molar-refractivity contribution in [3.63, 3.8) is 0 Å². The number of piperidine rings is 1. The summed E-state index contributed by atoms with van der Waals surface area (Å²) in [6.45, 7) is 7.50. The molecule has 4 nitrogen and oxygen atoms in total. The summed E-state index contributed by atoms with van der Waals surface area (Å²) in [5, 5.41) is 6.15. The van der Waals surface area contributed by atoms with E-state index in [1.54, 1.807) is 0 Å². The summed E-state index contributed by atoms with van der Waals surface area (Å²) in [7, 11) is 0. The fourth-order valence-corrected chi connectivity index (χ4v) is 3.32. The second-order valence-corrected chi connectivity index (χ2v) is 7.34. The third kappa shape index (κ3) is 5.25. The first-order chi connectivity index (χ1) is 12.6. The van der Waals surface area contributed by atoms with E-state index >= 15 is 0 Å². The van der Waals surface area contributed by atoms with Gasteiger partial charge in [-0.05, 0) is 55.5 Å². The van der Waals surface area contributed by atoms with Crippen molar-refractivity contribution in [3.8, 4) is 0 Å². The Morgan fingerprint density at radius 3 is 2.54 bits per heavy atom. The highest BCUT2D eigenvalue weighted by molar-refractivity contribution is 5.80. The number of amides is 1. The van der Waals surface area contributed by atoms with Crippen LogP contribution in [0.1, 0.15) is 30.9 Å².